The van der Waals surface area contributed by atoms with Crippen LogP contribution in [0.25, 0.3) is 0 Å². The van der Waals surface area contributed by atoms with E-state index in [9.17, 15) is 4.79 Å². The van der Waals surface area contributed by atoms with Crippen molar-refractivity contribution < 1.29 is 35.2 Å². The average Bonchev–Trinajstić information content (AvgIpc) is 2.89. The van der Waals surface area contributed by atoms with Gasteiger partial charge in [0.25, 0.3) is 0 Å². The van der Waals surface area contributed by atoms with E-state index in [1.807, 2.05) is 0 Å². The summed E-state index contributed by atoms with van der Waals surface area (Å²) in [6.45, 7) is -15.7. The number of carbonyl (C=O) groups excluding carboxylic acids is 1. The summed E-state index contributed by atoms with van der Waals surface area (Å²) in [5.74, 6) is 2.37. The van der Waals surface area contributed by atoms with Gasteiger partial charge in [-0.15, -0.1) is 0 Å². The lowest BCUT2D eigenvalue weighted by Gasteiger charge is -2.36. The van der Waals surface area contributed by atoms with Crippen molar-refractivity contribution in [3.63, 3.8) is 0 Å². The fourth-order valence-electron chi connectivity index (χ4n) is 2.92. The van der Waals surface area contributed by atoms with Crippen molar-refractivity contribution in [2.24, 2.45) is 5.92 Å². The lowest BCUT2D eigenvalue weighted by Crippen LogP contribution is -2.45. The minimum absolute atomic E-state index is 0.0687. The van der Waals surface area contributed by atoms with Crippen LogP contribution in [0, 0.1) is 17.8 Å². The molecule has 2 rings (SSSR count). The molecule has 0 aromatic heterocycles. The van der Waals surface area contributed by atoms with Crippen molar-refractivity contribution in [3.05, 3.63) is 35.8 Å². The highest BCUT2D eigenvalue weighted by atomic mass is 16.5. The van der Waals surface area contributed by atoms with Gasteiger partial charge >= 0.3 is 5.97 Å². The summed E-state index contributed by atoms with van der Waals surface area (Å²) in [6, 6.07) is -3.72. The third-order valence-corrected chi connectivity index (χ3v) is 4.26. The summed E-state index contributed by atoms with van der Waals surface area (Å²) in [5.41, 5.74) is -3.00. The van der Waals surface area contributed by atoms with E-state index in [0.29, 0.717) is 25.7 Å². The van der Waals surface area contributed by atoms with Crippen molar-refractivity contribution >= 4 is 5.97 Å². The van der Waals surface area contributed by atoms with Gasteiger partial charge in [-0.1, -0.05) is 75.0 Å². The molecule has 0 radical (unpaired) electrons. The van der Waals surface area contributed by atoms with Gasteiger partial charge in [0.1, 0.15) is 0 Å². The first-order valence-corrected chi connectivity index (χ1v) is 8.23. The molecule has 1 atom stereocenters. The van der Waals surface area contributed by atoms with Gasteiger partial charge in [-0.25, -0.2) is 4.79 Å². The first-order chi connectivity index (χ1) is 19.1. The van der Waals surface area contributed by atoms with Gasteiger partial charge in [0.2, 0.25) is 1.43 Å². The zero-order valence-corrected chi connectivity index (χ0v) is 14.2. The highest BCUT2D eigenvalue weighted by Gasteiger charge is 2.46. The Morgan fingerprint density at radius 2 is 2.08 bits per heavy atom. The summed E-state index contributed by atoms with van der Waals surface area (Å²) >= 11 is 0. The number of rotatable bonds is 8. The lowest BCUT2D eigenvalue weighted by molar-refractivity contribution is -0.174. The number of nitrogens with zero attached hydrogens (tertiary/aromatic N) is 1. The molecule has 4 heteroatoms. The van der Waals surface area contributed by atoms with E-state index < -0.39 is 93.1 Å². The molecule has 1 aromatic rings. The van der Waals surface area contributed by atoms with Crippen molar-refractivity contribution in [1.82, 2.24) is 4.90 Å². The molecule has 1 N–H and O–H groups in total. The topological polar surface area (TPSA) is 49.8 Å². The van der Waals surface area contributed by atoms with Crippen LogP contribution in [0.4, 0.5) is 0 Å². The second kappa shape index (κ2) is 10.4. The van der Waals surface area contributed by atoms with Crippen LogP contribution in [0.5, 0.6) is 0 Å². The highest BCUT2D eigenvalue weighted by Crippen LogP contribution is 2.40. The van der Waals surface area contributed by atoms with E-state index in [2.05, 4.69) is 11.8 Å². The molecule has 1 aliphatic rings. The highest BCUT2D eigenvalue weighted by molar-refractivity contribution is 5.81. The average molecular weight is 374 g/mol. The first-order valence-electron chi connectivity index (χ1n) is 16.1. The molecule has 0 aliphatic heterocycles. The predicted molar refractivity (Wildman–Crippen MR) is 103 cm³/mol. The lowest BCUT2D eigenvalue weighted by atomic mass is 9.73. The first kappa shape index (κ1) is 7.66. The van der Waals surface area contributed by atoms with Gasteiger partial charge in [-0.3, -0.25) is 4.90 Å². The molecule has 0 amide bonds. The summed E-state index contributed by atoms with van der Waals surface area (Å²) < 4.78 is 130. The van der Waals surface area contributed by atoms with Crippen LogP contribution >= 0.6 is 0 Å². The fraction of sp³-hybridized carbons (Fsp3) is 0.591. The standard InChI is InChI=1S/C22H31NO3/c1-3-23(4-2)17-11-12-18-26-21(24)22(25,19-13-7-5-8-14-19)20-15-9-6-10-16-20/h5,7-8,13-14,20,25H,3-4,6,9-10,15-18H2,1-2H3/i1D3,2D3,3D2,4D2,5D,7D,8D,13D,14D,25D. The Balaban J connectivity index is 2.47. The minimum Gasteiger partial charge on any atom is -0.450 e. The number of hydrogen-bond acceptors (Lipinski definition) is 4. The van der Waals surface area contributed by atoms with E-state index in [4.69, 9.17) is 31.8 Å². The third kappa shape index (κ3) is 5.09. The SMILES string of the molecule is [2H]OC(C(=O)OCC#CCN(C([2H])([2H])C([2H])([2H])[2H])C([2H])([2H])C([2H])([2H])[2H])(c1c([2H])c([2H])c([2H])c([2H])c1[2H])C1CCCCC1. The van der Waals surface area contributed by atoms with Crippen molar-refractivity contribution in [3.8, 4) is 11.8 Å². The molecule has 26 heavy (non-hydrogen) atoms. The molecule has 1 unspecified atom stereocenters. The number of ether oxygens (including phenoxy) is 1. The van der Waals surface area contributed by atoms with Crippen LogP contribution in [0.2, 0.25) is 0 Å². The van der Waals surface area contributed by atoms with Gasteiger partial charge in [0.15, 0.2) is 12.2 Å². The number of esters is 1. The molecule has 0 bridgehead atoms. The maximum Gasteiger partial charge on any atom is 0.344 e. The quantitative estimate of drug-likeness (QED) is 0.561. The molecule has 1 aliphatic carbocycles. The molecule has 0 heterocycles. The number of benzene rings is 1. The van der Waals surface area contributed by atoms with Gasteiger partial charge in [-0.2, -0.15) is 0 Å². The minimum atomic E-state index is -3.47. The van der Waals surface area contributed by atoms with Crippen molar-refractivity contribution in [2.45, 2.75) is 51.4 Å². The third-order valence-electron chi connectivity index (χ3n) is 4.26. The van der Waals surface area contributed by atoms with Crippen molar-refractivity contribution in [1.29, 1.82) is 1.43 Å². The Kier molecular flexibility index (Phi) is 3.05. The smallest absolute Gasteiger partial charge is 0.344 e. The van der Waals surface area contributed by atoms with Crippen LogP contribution in [0.15, 0.2) is 30.2 Å². The van der Waals surface area contributed by atoms with Gasteiger partial charge in [0, 0.05) is 19.6 Å². The Morgan fingerprint density at radius 1 is 1.35 bits per heavy atom. The Bertz CT molecular complexity index is 1160. The molecule has 1 fully saturated rings. The zero-order valence-electron chi connectivity index (χ0n) is 30.2. The second-order valence-electron chi connectivity index (χ2n) is 5.81. The molecule has 142 valence electrons. The fourth-order valence-corrected chi connectivity index (χ4v) is 2.92. The Hall–Kier alpha value is -1.83. The number of hydrogen-bond donors (Lipinski definition) is 1. The molecular formula is C22H31NO3. The second-order valence-corrected chi connectivity index (χ2v) is 5.81. The van der Waals surface area contributed by atoms with E-state index in [1.165, 1.54) is 0 Å². The van der Waals surface area contributed by atoms with E-state index >= 15 is 0 Å². The van der Waals surface area contributed by atoms with E-state index in [-0.39, 0.29) is 4.90 Å². The van der Waals surface area contributed by atoms with Crippen LogP contribution in [0.1, 0.15) is 71.9 Å². The summed E-state index contributed by atoms with van der Waals surface area (Å²) in [6.07, 6.45) is 2.63. The Morgan fingerprint density at radius 3 is 2.73 bits per heavy atom. The maximum absolute atomic E-state index is 13.5. The number of carbonyl (C=O) groups is 1. The van der Waals surface area contributed by atoms with Gasteiger partial charge < -0.3 is 9.85 Å². The number of aliphatic hydroxyl groups is 1. The van der Waals surface area contributed by atoms with Gasteiger partial charge in [0.05, 0.1) is 13.4 Å². The Labute approximate surface area is 180 Å². The normalized spacial score (nSPS) is 28.2. The largest absolute Gasteiger partial charge is 0.450 e. The van der Waals surface area contributed by atoms with Crippen LogP contribution in [0.3, 0.4) is 0 Å². The molecule has 4 nitrogen and oxygen atoms in total. The van der Waals surface area contributed by atoms with Gasteiger partial charge in [-0.05, 0) is 31.4 Å². The van der Waals surface area contributed by atoms with Crippen molar-refractivity contribution in [2.75, 3.05) is 26.1 Å². The van der Waals surface area contributed by atoms with Crippen LogP contribution in [-0.4, -0.2) is 43.6 Å². The molecule has 0 spiro atoms. The van der Waals surface area contributed by atoms with Crippen LogP contribution < -0.4 is 0 Å². The summed E-state index contributed by atoms with van der Waals surface area (Å²) in [4.78, 5) is 13.5. The molecule has 0 saturated heterocycles. The maximum atomic E-state index is 13.5. The zero-order chi connectivity index (χ0) is 32.5. The van der Waals surface area contributed by atoms with Crippen LogP contribution in [-0.2, 0) is 15.1 Å². The molecular weight excluding hydrogens is 326 g/mol. The van der Waals surface area contributed by atoms with E-state index in [1.54, 1.807) is 0 Å². The molecule has 1 aromatic carbocycles. The monoisotopic (exact) mass is 373 g/mol. The molecule has 1 saturated carbocycles. The summed E-state index contributed by atoms with van der Waals surface area (Å²) in [5, 5.41) is 4.92. The summed E-state index contributed by atoms with van der Waals surface area (Å²) in [7, 11) is 0. The van der Waals surface area contributed by atoms with E-state index in [0.717, 1.165) is 6.42 Å². The predicted octanol–water partition coefficient (Wildman–Crippen LogP) is 3.34.